The van der Waals surface area contributed by atoms with Crippen molar-refractivity contribution in [3.8, 4) is 0 Å². The summed E-state index contributed by atoms with van der Waals surface area (Å²) in [5.74, 6) is 0.0903. The van der Waals surface area contributed by atoms with Gasteiger partial charge >= 0.3 is 0 Å². The molecule has 19 heavy (non-hydrogen) atoms. The third kappa shape index (κ3) is 6.20. The van der Waals surface area contributed by atoms with Crippen LogP contribution in [0.1, 0.15) is 0 Å². The van der Waals surface area contributed by atoms with Gasteiger partial charge in [0.25, 0.3) is 0 Å². The van der Waals surface area contributed by atoms with Gasteiger partial charge in [-0.05, 0) is 0 Å². The van der Waals surface area contributed by atoms with Crippen LogP contribution in [0.5, 0.6) is 0 Å². The molecule has 0 spiro atoms. The summed E-state index contributed by atoms with van der Waals surface area (Å²) in [4.78, 5) is 15.9. The fraction of sp³-hybridized carbons (Fsp3) is 0.615. The van der Waals surface area contributed by atoms with E-state index >= 15 is 0 Å². The van der Waals surface area contributed by atoms with E-state index < -0.39 is 0 Å². The summed E-state index contributed by atoms with van der Waals surface area (Å²) in [5.41, 5.74) is 5.58. The summed E-state index contributed by atoms with van der Waals surface area (Å²) < 4.78 is 5.47. The summed E-state index contributed by atoms with van der Waals surface area (Å²) in [6, 6.07) is 0. The van der Waals surface area contributed by atoms with Crippen LogP contribution in [0.3, 0.4) is 0 Å². The number of amides is 1. The highest BCUT2D eigenvalue weighted by Crippen LogP contribution is 2.05. The molecule has 1 aliphatic rings. The van der Waals surface area contributed by atoms with Gasteiger partial charge in [-0.1, -0.05) is 12.2 Å². The van der Waals surface area contributed by atoms with E-state index in [1.807, 2.05) is 0 Å². The van der Waals surface area contributed by atoms with Crippen LogP contribution in [0.4, 0.5) is 0 Å². The van der Waals surface area contributed by atoms with Gasteiger partial charge in [-0.3, -0.25) is 9.69 Å². The molecule has 2 N–H and O–H groups in total. The number of hydrogen-bond donors (Lipinski definition) is 1. The number of morpholine rings is 1. The molecule has 0 aromatic rings. The zero-order valence-electron chi connectivity index (χ0n) is 11.3. The maximum atomic E-state index is 12.1. The summed E-state index contributed by atoms with van der Waals surface area (Å²) in [7, 11) is 0. The van der Waals surface area contributed by atoms with Crippen LogP contribution in [-0.4, -0.2) is 67.7 Å². The molecule has 110 valence electrons. The second kappa shape index (κ2) is 9.97. The molecule has 1 aliphatic heterocycles. The first-order valence-electron chi connectivity index (χ1n) is 6.24. The largest absolute Gasteiger partial charge is 0.374 e. The molecular formula is C13H24ClN3O2. The highest BCUT2D eigenvalue weighted by molar-refractivity contribution is 5.85. The topological polar surface area (TPSA) is 58.8 Å². The van der Waals surface area contributed by atoms with Crippen LogP contribution in [-0.2, 0) is 9.53 Å². The molecule has 0 aromatic heterocycles. The van der Waals surface area contributed by atoms with Crippen molar-refractivity contribution in [1.82, 2.24) is 9.80 Å². The average molecular weight is 290 g/mol. The van der Waals surface area contributed by atoms with Crippen LogP contribution >= 0.6 is 12.4 Å². The van der Waals surface area contributed by atoms with Crippen molar-refractivity contribution in [3.63, 3.8) is 0 Å². The molecule has 1 unspecified atom stereocenters. The van der Waals surface area contributed by atoms with Crippen molar-refractivity contribution in [2.75, 3.05) is 45.9 Å². The molecule has 6 heteroatoms. The molecule has 0 radical (unpaired) electrons. The minimum atomic E-state index is 0. The Morgan fingerprint density at radius 3 is 2.58 bits per heavy atom. The van der Waals surface area contributed by atoms with Gasteiger partial charge in [0.05, 0.1) is 19.3 Å². The minimum Gasteiger partial charge on any atom is -0.374 e. The zero-order valence-corrected chi connectivity index (χ0v) is 12.1. The monoisotopic (exact) mass is 289 g/mol. The molecule has 1 atom stereocenters. The molecular weight excluding hydrogens is 266 g/mol. The lowest BCUT2D eigenvalue weighted by Crippen LogP contribution is -2.49. The fourth-order valence-corrected chi connectivity index (χ4v) is 1.95. The number of carbonyl (C=O) groups is 1. The summed E-state index contributed by atoms with van der Waals surface area (Å²) in [5, 5.41) is 0. The Morgan fingerprint density at radius 2 is 2.05 bits per heavy atom. The van der Waals surface area contributed by atoms with Gasteiger partial charge in [-0.15, -0.1) is 25.6 Å². The van der Waals surface area contributed by atoms with E-state index in [1.165, 1.54) is 0 Å². The van der Waals surface area contributed by atoms with Crippen LogP contribution in [0, 0.1) is 0 Å². The number of ether oxygens (including phenoxy) is 1. The summed E-state index contributed by atoms with van der Waals surface area (Å²) in [6.07, 6.45) is 3.49. The van der Waals surface area contributed by atoms with Crippen molar-refractivity contribution >= 4 is 18.3 Å². The second-order valence-electron chi connectivity index (χ2n) is 4.34. The Hall–Kier alpha value is -0.880. The molecule has 5 nitrogen and oxygen atoms in total. The first-order chi connectivity index (χ1) is 8.71. The standard InChI is InChI=1S/C13H23N3O2.ClH/c1-3-5-16(6-4-2)13(17)11-15-7-8-18-12(9-14)10-15;/h3-4,12H,1-2,5-11,14H2;1H. The maximum absolute atomic E-state index is 12.1. The third-order valence-corrected chi connectivity index (χ3v) is 2.90. The van der Waals surface area contributed by atoms with Crippen molar-refractivity contribution in [2.45, 2.75) is 6.10 Å². The van der Waals surface area contributed by atoms with Gasteiger partial charge in [0, 0.05) is 32.7 Å². The van der Waals surface area contributed by atoms with E-state index in [0.717, 1.165) is 13.1 Å². The molecule has 0 bridgehead atoms. The Bertz CT molecular complexity index is 290. The van der Waals surface area contributed by atoms with Crippen LogP contribution < -0.4 is 5.73 Å². The quantitative estimate of drug-likeness (QED) is 0.684. The Balaban J connectivity index is 0.00000324. The van der Waals surface area contributed by atoms with Crippen LogP contribution in [0.25, 0.3) is 0 Å². The van der Waals surface area contributed by atoms with E-state index in [-0.39, 0.29) is 24.4 Å². The zero-order chi connectivity index (χ0) is 13.4. The summed E-state index contributed by atoms with van der Waals surface area (Å²) in [6.45, 7) is 11.5. The molecule has 1 amide bonds. The van der Waals surface area contributed by atoms with Gasteiger partial charge in [0.2, 0.25) is 5.91 Å². The smallest absolute Gasteiger partial charge is 0.237 e. The van der Waals surface area contributed by atoms with E-state index in [4.69, 9.17) is 10.5 Å². The lowest BCUT2D eigenvalue weighted by molar-refractivity contribution is -0.133. The predicted molar refractivity (Wildman–Crippen MR) is 79.5 cm³/mol. The molecule has 1 heterocycles. The SMILES string of the molecule is C=CCN(CC=C)C(=O)CN1CCOC(CN)C1.Cl. The average Bonchev–Trinajstić information content (AvgIpc) is 2.38. The van der Waals surface area contributed by atoms with Gasteiger partial charge < -0.3 is 15.4 Å². The third-order valence-electron chi connectivity index (χ3n) is 2.90. The minimum absolute atomic E-state index is 0. The lowest BCUT2D eigenvalue weighted by Gasteiger charge is -2.33. The Kier molecular flexibility index (Phi) is 9.51. The predicted octanol–water partition coefficient (Wildman–Crippen LogP) is 0.268. The number of nitrogens with zero attached hydrogens (tertiary/aromatic N) is 2. The van der Waals surface area contributed by atoms with Crippen LogP contribution in [0.2, 0.25) is 0 Å². The normalized spacial score (nSPS) is 19.3. The van der Waals surface area contributed by atoms with Crippen molar-refractivity contribution in [2.24, 2.45) is 5.73 Å². The van der Waals surface area contributed by atoms with Gasteiger partial charge in [-0.25, -0.2) is 0 Å². The van der Waals surface area contributed by atoms with Crippen molar-refractivity contribution < 1.29 is 9.53 Å². The second-order valence-corrected chi connectivity index (χ2v) is 4.34. The van der Waals surface area contributed by atoms with Gasteiger partial charge in [-0.2, -0.15) is 0 Å². The maximum Gasteiger partial charge on any atom is 0.237 e. The van der Waals surface area contributed by atoms with Crippen molar-refractivity contribution in [1.29, 1.82) is 0 Å². The van der Waals surface area contributed by atoms with E-state index in [0.29, 0.717) is 32.8 Å². The fourth-order valence-electron chi connectivity index (χ4n) is 1.95. The number of halogens is 1. The first-order valence-corrected chi connectivity index (χ1v) is 6.24. The number of rotatable bonds is 7. The highest BCUT2D eigenvalue weighted by Gasteiger charge is 2.22. The molecule has 0 aromatic carbocycles. The first kappa shape index (κ1) is 18.1. The highest BCUT2D eigenvalue weighted by atomic mass is 35.5. The van der Waals surface area contributed by atoms with E-state index in [2.05, 4.69) is 18.1 Å². The Morgan fingerprint density at radius 1 is 1.42 bits per heavy atom. The molecule has 0 aliphatic carbocycles. The van der Waals surface area contributed by atoms with Crippen molar-refractivity contribution in [3.05, 3.63) is 25.3 Å². The molecule has 0 saturated carbocycles. The summed E-state index contributed by atoms with van der Waals surface area (Å²) >= 11 is 0. The van der Waals surface area contributed by atoms with Crippen LogP contribution in [0.15, 0.2) is 25.3 Å². The van der Waals surface area contributed by atoms with E-state index in [1.54, 1.807) is 17.1 Å². The molecule has 1 saturated heterocycles. The van der Waals surface area contributed by atoms with Gasteiger partial charge in [0.1, 0.15) is 0 Å². The lowest BCUT2D eigenvalue weighted by atomic mass is 10.2. The molecule has 1 fully saturated rings. The Labute approximate surface area is 121 Å². The van der Waals surface area contributed by atoms with E-state index in [9.17, 15) is 4.79 Å². The van der Waals surface area contributed by atoms with Gasteiger partial charge in [0.15, 0.2) is 0 Å². The number of nitrogens with two attached hydrogens (primary N) is 1. The molecule has 1 rings (SSSR count). The number of carbonyl (C=O) groups excluding carboxylic acids is 1. The number of hydrogen-bond acceptors (Lipinski definition) is 4.